The Morgan fingerprint density at radius 3 is 2.76 bits per heavy atom. The molecule has 2 atom stereocenters. The van der Waals surface area contributed by atoms with Gasteiger partial charge in [-0.3, -0.25) is 9.36 Å². The Bertz CT molecular complexity index is 610. The summed E-state index contributed by atoms with van der Waals surface area (Å²) in [6.45, 7) is 0. The molecule has 1 aromatic heterocycles. The van der Waals surface area contributed by atoms with E-state index >= 15 is 0 Å². The topological polar surface area (TPSA) is 85.8 Å². The molecule has 1 saturated carbocycles. The zero-order valence-corrected chi connectivity index (χ0v) is 11.8. The van der Waals surface area contributed by atoms with Gasteiger partial charge in [0.05, 0.1) is 11.6 Å². The van der Waals surface area contributed by atoms with Gasteiger partial charge in [-0.1, -0.05) is 18.9 Å². The first-order chi connectivity index (χ1) is 10.2. The van der Waals surface area contributed by atoms with Gasteiger partial charge in [-0.15, -0.1) is 10.2 Å². The summed E-state index contributed by atoms with van der Waals surface area (Å²) >= 11 is 0. The second-order valence-electron chi connectivity index (χ2n) is 5.46. The van der Waals surface area contributed by atoms with E-state index in [9.17, 15) is 4.79 Å². The Morgan fingerprint density at radius 1 is 1.24 bits per heavy atom. The minimum absolute atomic E-state index is 0.0168. The lowest BCUT2D eigenvalue weighted by Crippen LogP contribution is -2.40. The summed E-state index contributed by atoms with van der Waals surface area (Å²) in [7, 11) is 0. The third-order valence-electron chi connectivity index (χ3n) is 3.99. The number of anilines is 1. The van der Waals surface area contributed by atoms with Crippen LogP contribution < -0.4 is 11.1 Å². The minimum Gasteiger partial charge on any atom is -0.327 e. The Morgan fingerprint density at radius 2 is 2.00 bits per heavy atom. The molecule has 0 spiro atoms. The second-order valence-corrected chi connectivity index (χ2v) is 5.46. The Hall–Kier alpha value is -2.21. The van der Waals surface area contributed by atoms with Crippen LogP contribution in [0.25, 0.3) is 5.69 Å². The third-order valence-corrected chi connectivity index (χ3v) is 3.99. The Labute approximate surface area is 123 Å². The molecule has 1 aliphatic rings. The maximum absolute atomic E-state index is 12.4. The predicted molar refractivity (Wildman–Crippen MR) is 79.9 cm³/mol. The number of rotatable bonds is 3. The first-order valence-corrected chi connectivity index (χ1v) is 7.25. The molecule has 1 fully saturated rings. The standard InChI is InChI=1S/C15H19N5O/c16-14-7-2-1-6-13(14)15(21)19-11-4-3-5-12(8-11)20-9-17-18-10-20/h3-5,8-10,13-14H,1-2,6-7,16H2,(H,19,21). The van der Waals surface area contributed by atoms with Gasteiger partial charge >= 0.3 is 0 Å². The number of aromatic nitrogens is 3. The number of carbonyl (C=O) groups excluding carboxylic acids is 1. The number of nitrogens with zero attached hydrogens (tertiary/aromatic N) is 3. The molecule has 0 bridgehead atoms. The summed E-state index contributed by atoms with van der Waals surface area (Å²) in [5, 5.41) is 10.5. The molecular formula is C15H19N5O. The van der Waals surface area contributed by atoms with Gasteiger partial charge in [-0.05, 0) is 31.0 Å². The van der Waals surface area contributed by atoms with Crippen molar-refractivity contribution in [2.45, 2.75) is 31.7 Å². The van der Waals surface area contributed by atoms with Crippen molar-refractivity contribution in [1.29, 1.82) is 0 Å². The lowest BCUT2D eigenvalue weighted by molar-refractivity contribution is -0.121. The largest absolute Gasteiger partial charge is 0.327 e. The van der Waals surface area contributed by atoms with Crippen LogP contribution in [-0.4, -0.2) is 26.7 Å². The number of carbonyl (C=O) groups is 1. The number of hydrogen-bond donors (Lipinski definition) is 2. The van der Waals surface area contributed by atoms with Gasteiger partial charge in [-0.25, -0.2) is 0 Å². The van der Waals surface area contributed by atoms with Crippen LogP contribution in [0.3, 0.4) is 0 Å². The molecular weight excluding hydrogens is 266 g/mol. The van der Waals surface area contributed by atoms with Crippen LogP contribution in [0, 0.1) is 5.92 Å². The molecule has 3 rings (SSSR count). The monoisotopic (exact) mass is 285 g/mol. The van der Waals surface area contributed by atoms with Crippen molar-refractivity contribution >= 4 is 11.6 Å². The van der Waals surface area contributed by atoms with Crippen molar-refractivity contribution in [3.63, 3.8) is 0 Å². The molecule has 6 heteroatoms. The van der Waals surface area contributed by atoms with Crippen LogP contribution in [0.15, 0.2) is 36.9 Å². The summed E-state index contributed by atoms with van der Waals surface area (Å²) in [6.07, 6.45) is 7.24. The van der Waals surface area contributed by atoms with Crippen LogP contribution >= 0.6 is 0 Å². The molecule has 1 amide bonds. The first kappa shape index (κ1) is 13.8. The van der Waals surface area contributed by atoms with E-state index in [1.54, 1.807) is 17.2 Å². The molecule has 0 aliphatic heterocycles. The molecule has 2 aromatic rings. The van der Waals surface area contributed by atoms with E-state index in [1.165, 1.54) is 0 Å². The van der Waals surface area contributed by atoms with Crippen molar-refractivity contribution in [2.24, 2.45) is 11.7 Å². The van der Waals surface area contributed by atoms with E-state index in [4.69, 9.17) is 5.73 Å². The van der Waals surface area contributed by atoms with E-state index in [-0.39, 0.29) is 17.9 Å². The molecule has 3 N–H and O–H groups in total. The van der Waals surface area contributed by atoms with Crippen molar-refractivity contribution in [3.05, 3.63) is 36.9 Å². The van der Waals surface area contributed by atoms with Crippen LogP contribution in [0.5, 0.6) is 0 Å². The number of benzene rings is 1. The number of nitrogens with two attached hydrogens (primary N) is 1. The van der Waals surface area contributed by atoms with Crippen LogP contribution in [0.2, 0.25) is 0 Å². The average molecular weight is 285 g/mol. The summed E-state index contributed by atoms with van der Waals surface area (Å²) in [5.41, 5.74) is 7.73. The third kappa shape index (κ3) is 3.11. The first-order valence-electron chi connectivity index (χ1n) is 7.25. The van der Waals surface area contributed by atoms with Gasteiger partial charge in [0.25, 0.3) is 0 Å². The normalized spacial score (nSPS) is 22.0. The maximum Gasteiger partial charge on any atom is 0.229 e. The van der Waals surface area contributed by atoms with E-state index in [0.29, 0.717) is 0 Å². The van der Waals surface area contributed by atoms with Gasteiger partial charge in [0.2, 0.25) is 5.91 Å². The van der Waals surface area contributed by atoms with Gasteiger partial charge in [0, 0.05) is 11.7 Å². The molecule has 0 radical (unpaired) electrons. The molecule has 2 unspecified atom stereocenters. The van der Waals surface area contributed by atoms with E-state index < -0.39 is 0 Å². The molecule has 110 valence electrons. The van der Waals surface area contributed by atoms with Crippen molar-refractivity contribution in [2.75, 3.05) is 5.32 Å². The summed E-state index contributed by atoms with van der Waals surface area (Å²) in [5.74, 6) is -0.0691. The van der Waals surface area contributed by atoms with Gasteiger partial charge in [0.1, 0.15) is 12.7 Å². The lowest BCUT2D eigenvalue weighted by atomic mass is 9.84. The predicted octanol–water partition coefficient (Wildman–Crippen LogP) is 1.72. The van der Waals surface area contributed by atoms with Gasteiger partial charge in [0.15, 0.2) is 0 Å². The highest BCUT2D eigenvalue weighted by molar-refractivity contribution is 5.93. The summed E-state index contributed by atoms with van der Waals surface area (Å²) in [6, 6.07) is 7.58. The van der Waals surface area contributed by atoms with Crippen molar-refractivity contribution in [1.82, 2.24) is 14.8 Å². The minimum atomic E-state index is -0.0858. The van der Waals surface area contributed by atoms with Crippen molar-refractivity contribution in [3.8, 4) is 5.69 Å². The average Bonchev–Trinajstić information content (AvgIpc) is 3.02. The molecule has 1 heterocycles. The fraction of sp³-hybridized carbons (Fsp3) is 0.400. The lowest BCUT2D eigenvalue weighted by Gasteiger charge is -2.27. The molecule has 21 heavy (non-hydrogen) atoms. The quantitative estimate of drug-likeness (QED) is 0.899. The van der Waals surface area contributed by atoms with E-state index in [2.05, 4.69) is 15.5 Å². The highest BCUT2D eigenvalue weighted by atomic mass is 16.1. The zero-order chi connectivity index (χ0) is 14.7. The van der Waals surface area contributed by atoms with Crippen LogP contribution in [0.1, 0.15) is 25.7 Å². The van der Waals surface area contributed by atoms with Crippen molar-refractivity contribution < 1.29 is 4.79 Å². The molecule has 1 aliphatic carbocycles. The fourth-order valence-corrected chi connectivity index (χ4v) is 2.80. The smallest absolute Gasteiger partial charge is 0.229 e. The van der Waals surface area contributed by atoms with E-state index in [1.807, 2.05) is 24.3 Å². The molecule has 1 aromatic carbocycles. The highest BCUT2D eigenvalue weighted by Crippen LogP contribution is 2.24. The molecule has 6 nitrogen and oxygen atoms in total. The Kier molecular flexibility index (Phi) is 3.96. The zero-order valence-electron chi connectivity index (χ0n) is 11.8. The number of hydrogen-bond acceptors (Lipinski definition) is 4. The Balaban J connectivity index is 1.73. The van der Waals surface area contributed by atoms with Crippen LogP contribution in [0.4, 0.5) is 5.69 Å². The number of nitrogens with one attached hydrogen (secondary N) is 1. The SMILES string of the molecule is NC1CCCCC1C(=O)Nc1cccc(-n2cnnc2)c1. The van der Waals surface area contributed by atoms with Gasteiger partial charge < -0.3 is 11.1 Å². The molecule has 0 saturated heterocycles. The highest BCUT2D eigenvalue weighted by Gasteiger charge is 2.28. The van der Waals surface area contributed by atoms with Crippen LogP contribution in [-0.2, 0) is 4.79 Å². The van der Waals surface area contributed by atoms with E-state index in [0.717, 1.165) is 37.1 Å². The fourth-order valence-electron chi connectivity index (χ4n) is 2.80. The summed E-state index contributed by atoms with van der Waals surface area (Å²) in [4.78, 5) is 12.4. The second kappa shape index (κ2) is 6.05. The summed E-state index contributed by atoms with van der Waals surface area (Å²) < 4.78 is 1.79. The van der Waals surface area contributed by atoms with Gasteiger partial charge in [-0.2, -0.15) is 0 Å². The number of amides is 1. The maximum atomic E-state index is 12.4.